The molecule has 1 atom stereocenters. The fourth-order valence-electron chi connectivity index (χ4n) is 2.81. The van der Waals surface area contributed by atoms with Gasteiger partial charge in [0.25, 0.3) is 5.91 Å². The fourth-order valence-corrected chi connectivity index (χ4v) is 2.93. The van der Waals surface area contributed by atoms with Crippen molar-refractivity contribution in [3.05, 3.63) is 58.1 Å². The second kappa shape index (κ2) is 10.2. The molecule has 2 rings (SSSR count). The lowest BCUT2D eigenvalue weighted by molar-refractivity contribution is 0.0938. The van der Waals surface area contributed by atoms with Crippen molar-refractivity contribution < 1.29 is 14.3 Å². The molecule has 4 nitrogen and oxygen atoms in total. The zero-order chi connectivity index (χ0) is 19.8. The normalized spacial score (nSPS) is 11.7. The second-order valence-corrected chi connectivity index (χ2v) is 7.03. The first-order chi connectivity index (χ1) is 12.9. The highest BCUT2D eigenvalue weighted by Gasteiger charge is 2.13. The Labute approximate surface area is 166 Å². The molecule has 0 aromatic heterocycles. The number of carbonyl (C=O) groups is 1. The van der Waals surface area contributed by atoms with Crippen LogP contribution >= 0.6 is 11.6 Å². The molecule has 0 heterocycles. The van der Waals surface area contributed by atoms with Gasteiger partial charge in [-0.15, -0.1) is 0 Å². The smallest absolute Gasteiger partial charge is 0.251 e. The number of rotatable bonds is 9. The van der Waals surface area contributed by atoms with Gasteiger partial charge in [-0.1, -0.05) is 24.9 Å². The lowest BCUT2D eigenvalue weighted by Gasteiger charge is -2.16. The average molecular weight is 390 g/mol. The molecule has 0 aliphatic rings. The van der Waals surface area contributed by atoms with Gasteiger partial charge >= 0.3 is 0 Å². The summed E-state index contributed by atoms with van der Waals surface area (Å²) in [6.45, 7) is 8.84. The SMILES string of the molecule is CCC[C@@H](C)NC(=O)c1ccc(OCC)c(COc2ccc(Cl)c(C)c2)c1. The first kappa shape index (κ1) is 21.1. The van der Waals surface area contributed by atoms with Crippen LogP contribution < -0.4 is 14.8 Å². The molecule has 0 fully saturated rings. The van der Waals surface area contributed by atoms with Gasteiger partial charge in [-0.3, -0.25) is 4.79 Å². The van der Waals surface area contributed by atoms with E-state index in [1.165, 1.54) is 0 Å². The summed E-state index contributed by atoms with van der Waals surface area (Å²) >= 11 is 6.06. The lowest BCUT2D eigenvalue weighted by Crippen LogP contribution is -2.32. The van der Waals surface area contributed by atoms with Gasteiger partial charge in [0.15, 0.2) is 0 Å². The third kappa shape index (κ3) is 6.17. The van der Waals surface area contributed by atoms with Crippen molar-refractivity contribution in [2.45, 2.75) is 53.2 Å². The molecule has 146 valence electrons. The van der Waals surface area contributed by atoms with E-state index in [1.807, 2.05) is 51.1 Å². The van der Waals surface area contributed by atoms with Crippen LogP contribution in [0.15, 0.2) is 36.4 Å². The van der Waals surface area contributed by atoms with E-state index in [9.17, 15) is 4.79 Å². The highest BCUT2D eigenvalue weighted by Crippen LogP contribution is 2.25. The highest BCUT2D eigenvalue weighted by atomic mass is 35.5. The number of ether oxygens (including phenoxy) is 2. The van der Waals surface area contributed by atoms with Crippen LogP contribution in [0.25, 0.3) is 0 Å². The summed E-state index contributed by atoms with van der Waals surface area (Å²) < 4.78 is 11.6. The first-order valence-corrected chi connectivity index (χ1v) is 9.77. The minimum atomic E-state index is -0.0809. The largest absolute Gasteiger partial charge is 0.493 e. The van der Waals surface area contributed by atoms with Gasteiger partial charge in [-0.25, -0.2) is 0 Å². The number of hydrogen-bond donors (Lipinski definition) is 1. The first-order valence-electron chi connectivity index (χ1n) is 9.40. The third-order valence-corrected chi connectivity index (χ3v) is 4.67. The van der Waals surface area contributed by atoms with Gasteiger partial charge in [0.2, 0.25) is 0 Å². The lowest BCUT2D eigenvalue weighted by atomic mass is 10.1. The predicted molar refractivity (Wildman–Crippen MR) is 110 cm³/mol. The Morgan fingerprint density at radius 3 is 2.59 bits per heavy atom. The minimum absolute atomic E-state index is 0.0809. The molecule has 0 bridgehead atoms. The average Bonchev–Trinajstić information content (AvgIpc) is 2.64. The van der Waals surface area contributed by atoms with Gasteiger partial charge in [-0.05, 0) is 69.2 Å². The number of nitrogens with one attached hydrogen (secondary N) is 1. The number of halogens is 1. The van der Waals surface area contributed by atoms with Crippen molar-refractivity contribution in [2.24, 2.45) is 0 Å². The molecule has 0 radical (unpaired) electrons. The van der Waals surface area contributed by atoms with Crippen LogP contribution in [0, 0.1) is 6.92 Å². The molecule has 5 heteroatoms. The Morgan fingerprint density at radius 1 is 1.15 bits per heavy atom. The van der Waals surface area contributed by atoms with Gasteiger partial charge in [-0.2, -0.15) is 0 Å². The monoisotopic (exact) mass is 389 g/mol. The van der Waals surface area contributed by atoms with E-state index in [-0.39, 0.29) is 11.9 Å². The molecule has 0 saturated heterocycles. The van der Waals surface area contributed by atoms with E-state index in [0.29, 0.717) is 23.8 Å². The number of amides is 1. The summed E-state index contributed by atoms with van der Waals surface area (Å²) in [4.78, 5) is 12.5. The van der Waals surface area contributed by atoms with Crippen molar-refractivity contribution in [1.29, 1.82) is 0 Å². The minimum Gasteiger partial charge on any atom is -0.493 e. The van der Waals surface area contributed by atoms with Crippen molar-refractivity contribution in [1.82, 2.24) is 5.32 Å². The van der Waals surface area contributed by atoms with E-state index in [0.717, 1.165) is 35.5 Å². The number of aryl methyl sites for hydroxylation is 1. The molecule has 2 aromatic rings. The standard InChI is InChI=1S/C22H28ClNO3/c1-5-7-16(4)24-22(25)17-8-11-21(26-6-2)18(13-17)14-27-19-9-10-20(23)15(3)12-19/h8-13,16H,5-7,14H2,1-4H3,(H,24,25)/t16-/m1/s1. The fraction of sp³-hybridized carbons (Fsp3) is 0.409. The molecule has 0 saturated carbocycles. The summed E-state index contributed by atoms with van der Waals surface area (Å²) in [7, 11) is 0. The van der Waals surface area contributed by atoms with Crippen LogP contribution in [-0.4, -0.2) is 18.6 Å². The molecular formula is C22H28ClNO3. The van der Waals surface area contributed by atoms with Gasteiger partial charge in [0.05, 0.1) is 6.61 Å². The Hall–Kier alpha value is -2.20. The Kier molecular flexibility index (Phi) is 7.99. The highest BCUT2D eigenvalue weighted by molar-refractivity contribution is 6.31. The van der Waals surface area contributed by atoms with E-state index < -0.39 is 0 Å². The van der Waals surface area contributed by atoms with Crippen molar-refractivity contribution >= 4 is 17.5 Å². The van der Waals surface area contributed by atoms with Gasteiger partial charge in [0, 0.05) is 22.2 Å². The van der Waals surface area contributed by atoms with Crippen LogP contribution in [0.3, 0.4) is 0 Å². The third-order valence-electron chi connectivity index (χ3n) is 4.25. The molecule has 1 N–H and O–H groups in total. The van der Waals surface area contributed by atoms with Crippen molar-refractivity contribution in [3.8, 4) is 11.5 Å². The molecule has 0 spiro atoms. The quantitative estimate of drug-likeness (QED) is 0.612. The van der Waals surface area contributed by atoms with E-state index in [2.05, 4.69) is 12.2 Å². The molecule has 0 unspecified atom stereocenters. The zero-order valence-electron chi connectivity index (χ0n) is 16.5. The predicted octanol–water partition coefficient (Wildman–Crippen LogP) is 5.54. The summed E-state index contributed by atoms with van der Waals surface area (Å²) in [6, 6.07) is 11.1. The van der Waals surface area contributed by atoms with Gasteiger partial charge in [0.1, 0.15) is 18.1 Å². The molecule has 0 aliphatic carbocycles. The van der Waals surface area contributed by atoms with E-state index in [1.54, 1.807) is 6.07 Å². The molecule has 27 heavy (non-hydrogen) atoms. The van der Waals surface area contributed by atoms with Gasteiger partial charge < -0.3 is 14.8 Å². The van der Waals surface area contributed by atoms with Crippen LogP contribution in [0.2, 0.25) is 5.02 Å². The second-order valence-electron chi connectivity index (χ2n) is 6.62. The maximum absolute atomic E-state index is 12.5. The molecule has 2 aromatic carbocycles. The summed E-state index contributed by atoms with van der Waals surface area (Å²) in [5, 5.41) is 3.73. The van der Waals surface area contributed by atoms with Crippen molar-refractivity contribution in [2.75, 3.05) is 6.61 Å². The summed E-state index contributed by atoms with van der Waals surface area (Å²) in [5.41, 5.74) is 2.39. The number of carbonyl (C=O) groups excluding carboxylic acids is 1. The topological polar surface area (TPSA) is 47.6 Å². The van der Waals surface area contributed by atoms with Crippen LogP contribution in [0.1, 0.15) is 55.1 Å². The van der Waals surface area contributed by atoms with E-state index >= 15 is 0 Å². The maximum Gasteiger partial charge on any atom is 0.251 e. The van der Waals surface area contributed by atoms with Crippen LogP contribution in [-0.2, 0) is 6.61 Å². The Morgan fingerprint density at radius 2 is 1.93 bits per heavy atom. The molecular weight excluding hydrogens is 362 g/mol. The molecule has 0 aliphatic heterocycles. The summed E-state index contributed by atoms with van der Waals surface area (Å²) in [5.74, 6) is 1.37. The molecule has 1 amide bonds. The maximum atomic E-state index is 12.5. The van der Waals surface area contributed by atoms with Crippen LogP contribution in [0.5, 0.6) is 11.5 Å². The zero-order valence-corrected chi connectivity index (χ0v) is 17.2. The van der Waals surface area contributed by atoms with E-state index in [4.69, 9.17) is 21.1 Å². The van der Waals surface area contributed by atoms with Crippen LogP contribution in [0.4, 0.5) is 0 Å². The van der Waals surface area contributed by atoms with Crippen molar-refractivity contribution in [3.63, 3.8) is 0 Å². The number of hydrogen-bond acceptors (Lipinski definition) is 3. The number of benzene rings is 2. The summed E-state index contributed by atoms with van der Waals surface area (Å²) in [6.07, 6.45) is 1.99. The Balaban J connectivity index is 2.16. The Bertz CT molecular complexity index is 776.